The number of anilines is 1. The van der Waals surface area contributed by atoms with E-state index in [1.54, 1.807) is 10.9 Å². The molecule has 1 aliphatic heterocycles. The number of nitrogens with zero attached hydrogens (tertiary/aromatic N) is 6. The van der Waals surface area contributed by atoms with Gasteiger partial charge in [0.1, 0.15) is 0 Å². The van der Waals surface area contributed by atoms with E-state index in [2.05, 4.69) is 38.5 Å². The molecule has 0 unspecified atom stereocenters. The van der Waals surface area contributed by atoms with E-state index in [-0.39, 0.29) is 12.1 Å². The zero-order chi connectivity index (χ0) is 17.4. The molecular weight excluding hydrogens is 318 g/mol. The van der Waals surface area contributed by atoms with Gasteiger partial charge < -0.3 is 10.1 Å². The summed E-state index contributed by atoms with van der Waals surface area (Å²) in [7, 11) is 6.01. The molecule has 8 nitrogen and oxygen atoms in total. The van der Waals surface area contributed by atoms with E-state index >= 15 is 0 Å². The van der Waals surface area contributed by atoms with Crippen molar-refractivity contribution in [1.29, 1.82) is 0 Å². The molecule has 1 saturated heterocycles. The van der Waals surface area contributed by atoms with Gasteiger partial charge in [-0.05, 0) is 19.2 Å². The van der Waals surface area contributed by atoms with Crippen LogP contribution in [0.1, 0.15) is 11.7 Å². The number of aromatic nitrogens is 5. The Morgan fingerprint density at radius 2 is 2.04 bits per heavy atom. The lowest BCUT2D eigenvalue weighted by atomic mass is 10.0. The second-order valence-corrected chi connectivity index (χ2v) is 6.46. The Morgan fingerprint density at radius 3 is 2.84 bits per heavy atom. The molecular formula is C17H23N7O. The van der Waals surface area contributed by atoms with Crippen molar-refractivity contribution in [3.63, 3.8) is 0 Å². The highest BCUT2D eigenvalue weighted by molar-refractivity contribution is 5.88. The molecule has 3 aromatic heterocycles. The Labute approximate surface area is 146 Å². The summed E-state index contributed by atoms with van der Waals surface area (Å²) < 4.78 is 9.80. The minimum Gasteiger partial charge on any atom is -0.382 e. The third kappa shape index (κ3) is 2.87. The number of ether oxygens (including phenoxy) is 1. The largest absolute Gasteiger partial charge is 0.382 e. The minimum absolute atomic E-state index is 0.0361. The van der Waals surface area contributed by atoms with Gasteiger partial charge in [-0.25, -0.2) is 4.98 Å². The fraction of sp³-hybridized carbons (Fsp3) is 0.471. The number of hydrogen-bond acceptors (Lipinski definition) is 6. The Kier molecular flexibility index (Phi) is 4.14. The van der Waals surface area contributed by atoms with Gasteiger partial charge in [0.05, 0.1) is 36.0 Å². The second kappa shape index (κ2) is 6.45. The van der Waals surface area contributed by atoms with E-state index in [1.807, 2.05) is 37.2 Å². The number of hydrogen-bond donors (Lipinski definition) is 1. The van der Waals surface area contributed by atoms with Crippen LogP contribution in [0.5, 0.6) is 0 Å². The monoisotopic (exact) mass is 341 g/mol. The lowest BCUT2D eigenvalue weighted by Gasteiger charge is -2.39. The highest BCUT2D eigenvalue weighted by atomic mass is 16.5. The molecule has 1 N–H and O–H groups in total. The molecule has 2 atom stereocenters. The van der Waals surface area contributed by atoms with Crippen LogP contribution in [-0.4, -0.2) is 62.3 Å². The summed E-state index contributed by atoms with van der Waals surface area (Å²) in [5.74, 6) is 0. The van der Waals surface area contributed by atoms with E-state index in [9.17, 15) is 0 Å². The van der Waals surface area contributed by atoms with Crippen molar-refractivity contribution in [2.24, 2.45) is 14.1 Å². The Hall–Kier alpha value is -2.45. The number of rotatable bonds is 4. The van der Waals surface area contributed by atoms with Gasteiger partial charge in [-0.3, -0.25) is 14.3 Å². The summed E-state index contributed by atoms with van der Waals surface area (Å²) in [4.78, 5) is 6.72. The number of morpholine rings is 1. The van der Waals surface area contributed by atoms with Gasteiger partial charge >= 0.3 is 0 Å². The van der Waals surface area contributed by atoms with Crippen LogP contribution in [0.4, 0.5) is 5.69 Å². The number of aryl methyl sites for hydroxylation is 2. The summed E-state index contributed by atoms with van der Waals surface area (Å²) in [5.41, 5.74) is 3.06. The van der Waals surface area contributed by atoms with Crippen molar-refractivity contribution < 1.29 is 4.74 Å². The molecule has 3 aromatic rings. The number of pyridine rings is 1. The van der Waals surface area contributed by atoms with E-state index in [0.29, 0.717) is 6.54 Å². The maximum Gasteiger partial charge on any atom is 0.159 e. The Balaban J connectivity index is 1.57. The fourth-order valence-electron chi connectivity index (χ4n) is 3.53. The second-order valence-electron chi connectivity index (χ2n) is 6.46. The first-order chi connectivity index (χ1) is 12.1. The average Bonchev–Trinajstić information content (AvgIpc) is 3.20. The predicted molar refractivity (Wildman–Crippen MR) is 95.3 cm³/mol. The van der Waals surface area contributed by atoms with Gasteiger partial charge in [0.15, 0.2) is 5.65 Å². The van der Waals surface area contributed by atoms with Crippen LogP contribution < -0.4 is 5.32 Å². The van der Waals surface area contributed by atoms with Crippen molar-refractivity contribution in [2.45, 2.75) is 12.1 Å². The maximum absolute atomic E-state index is 6.10. The molecule has 0 spiro atoms. The van der Waals surface area contributed by atoms with E-state index in [4.69, 9.17) is 4.74 Å². The molecule has 0 aromatic carbocycles. The summed E-state index contributed by atoms with van der Waals surface area (Å²) >= 11 is 0. The normalized spacial score (nSPS) is 21.7. The zero-order valence-corrected chi connectivity index (χ0v) is 14.8. The highest BCUT2D eigenvalue weighted by Crippen LogP contribution is 2.29. The molecule has 0 radical (unpaired) electrons. The maximum atomic E-state index is 6.10. The third-order valence-corrected chi connectivity index (χ3v) is 4.89. The van der Waals surface area contributed by atoms with Crippen LogP contribution in [0.3, 0.4) is 0 Å². The molecule has 1 aliphatic rings. The standard InChI is InChI=1S/C17H23N7O/c1-22-8-9-25-15(16(22)14-5-7-20-23(14)2)11-19-13-4-6-18-17-12(13)10-21-24(17)3/h4-7,10,15-16H,8-9,11H2,1-3H3,(H,18,19)/t15-,16-/m0/s1. The van der Waals surface area contributed by atoms with Crippen molar-refractivity contribution in [3.05, 3.63) is 36.4 Å². The Morgan fingerprint density at radius 1 is 1.16 bits per heavy atom. The molecule has 8 heteroatoms. The van der Waals surface area contributed by atoms with Gasteiger partial charge in [0.2, 0.25) is 0 Å². The third-order valence-electron chi connectivity index (χ3n) is 4.89. The van der Waals surface area contributed by atoms with Gasteiger partial charge in [-0.2, -0.15) is 10.2 Å². The van der Waals surface area contributed by atoms with Crippen LogP contribution in [-0.2, 0) is 18.8 Å². The van der Waals surface area contributed by atoms with Crippen molar-refractivity contribution in [1.82, 2.24) is 29.4 Å². The molecule has 0 bridgehead atoms. The first kappa shape index (κ1) is 16.0. The number of likely N-dealkylation sites (N-methyl/N-ethyl adjacent to an activating group) is 1. The lowest BCUT2D eigenvalue weighted by molar-refractivity contribution is -0.0581. The van der Waals surface area contributed by atoms with Crippen LogP contribution >= 0.6 is 0 Å². The first-order valence-corrected chi connectivity index (χ1v) is 8.45. The number of fused-ring (bicyclic) bond motifs is 1. The number of nitrogens with one attached hydrogen (secondary N) is 1. The van der Waals surface area contributed by atoms with Crippen molar-refractivity contribution in [2.75, 3.05) is 32.1 Å². The molecule has 0 amide bonds. The first-order valence-electron chi connectivity index (χ1n) is 8.45. The molecule has 1 fully saturated rings. The summed E-state index contributed by atoms with van der Waals surface area (Å²) in [6, 6.07) is 4.21. The summed E-state index contributed by atoms with van der Waals surface area (Å²) in [5, 5.41) is 13.2. The van der Waals surface area contributed by atoms with Crippen LogP contribution in [0.25, 0.3) is 11.0 Å². The van der Waals surface area contributed by atoms with Gasteiger partial charge in [0, 0.05) is 45.3 Å². The molecule has 0 saturated carbocycles. The minimum atomic E-state index is 0.0361. The molecule has 25 heavy (non-hydrogen) atoms. The molecule has 0 aliphatic carbocycles. The fourth-order valence-corrected chi connectivity index (χ4v) is 3.53. The average molecular weight is 341 g/mol. The lowest BCUT2D eigenvalue weighted by Crippen LogP contribution is -2.46. The van der Waals surface area contributed by atoms with E-state index < -0.39 is 0 Å². The summed E-state index contributed by atoms with van der Waals surface area (Å²) in [6.07, 6.45) is 5.52. The Bertz CT molecular complexity index is 871. The quantitative estimate of drug-likeness (QED) is 0.768. The predicted octanol–water partition coefficient (Wildman–Crippen LogP) is 1.19. The van der Waals surface area contributed by atoms with Crippen molar-refractivity contribution >= 4 is 16.7 Å². The van der Waals surface area contributed by atoms with Crippen LogP contribution in [0.2, 0.25) is 0 Å². The van der Waals surface area contributed by atoms with Gasteiger partial charge in [0.25, 0.3) is 0 Å². The summed E-state index contributed by atoms with van der Waals surface area (Å²) in [6.45, 7) is 2.35. The van der Waals surface area contributed by atoms with Gasteiger partial charge in [-0.1, -0.05) is 0 Å². The van der Waals surface area contributed by atoms with Crippen molar-refractivity contribution in [3.8, 4) is 0 Å². The zero-order valence-electron chi connectivity index (χ0n) is 14.8. The SMILES string of the molecule is CN1CCO[C@@H](CNc2ccnc3c2cnn3C)[C@@H]1c1ccnn1C. The topological polar surface area (TPSA) is 73.0 Å². The molecule has 4 heterocycles. The highest BCUT2D eigenvalue weighted by Gasteiger charge is 2.33. The molecule has 132 valence electrons. The van der Waals surface area contributed by atoms with Gasteiger partial charge in [-0.15, -0.1) is 0 Å². The smallest absolute Gasteiger partial charge is 0.159 e. The van der Waals surface area contributed by atoms with Crippen LogP contribution in [0, 0.1) is 0 Å². The molecule has 4 rings (SSSR count). The van der Waals surface area contributed by atoms with Crippen LogP contribution in [0.15, 0.2) is 30.7 Å². The van der Waals surface area contributed by atoms with E-state index in [0.717, 1.165) is 35.6 Å². The van der Waals surface area contributed by atoms with E-state index in [1.165, 1.54) is 0 Å².